The lowest BCUT2D eigenvalue weighted by Crippen LogP contribution is -2.44. The molecule has 0 fully saturated rings. The van der Waals surface area contributed by atoms with Crippen molar-refractivity contribution in [1.82, 2.24) is 10.2 Å². The van der Waals surface area contributed by atoms with Gasteiger partial charge in [-0.3, -0.25) is 9.59 Å². The highest BCUT2D eigenvalue weighted by Crippen LogP contribution is 2.02. The van der Waals surface area contributed by atoms with Crippen LogP contribution in [-0.2, 0) is 14.3 Å². The SMILES string of the molecule is CNC(C)C(=O)N(C)CC(C)C(=O)OC. The first-order valence-corrected chi connectivity index (χ1v) is 4.94. The third kappa shape index (κ3) is 4.29. The third-order valence-corrected chi connectivity index (χ3v) is 2.33. The quantitative estimate of drug-likeness (QED) is 0.650. The topological polar surface area (TPSA) is 58.6 Å². The molecule has 0 saturated carbocycles. The van der Waals surface area contributed by atoms with Crippen molar-refractivity contribution in [3.05, 3.63) is 0 Å². The summed E-state index contributed by atoms with van der Waals surface area (Å²) in [6.45, 7) is 3.89. The average molecular weight is 216 g/mol. The fourth-order valence-electron chi connectivity index (χ4n) is 1.23. The molecule has 5 heteroatoms. The molecule has 1 amide bonds. The molecule has 88 valence electrons. The highest BCUT2D eigenvalue weighted by atomic mass is 16.5. The van der Waals surface area contributed by atoms with Gasteiger partial charge in [-0.2, -0.15) is 0 Å². The molecule has 0 saturated heterocycles. The van der Waals surface area contributed by atoms with Crippen molar-refractivity contribution in [3.63, 3.8) is 0 Å². The van der Waals surface area contributed by atoms with Crippen LogP contribution in [0, 0.1) is 5.92 Å². The number of rotatable bonds is 5. The number of amides is 1. The highest BCUT2D eigenvalue weighted by Gasteiger charge is 2.21. The zero-order valence-corrected chi connectivity index (χ0v) is 10.0. The number of carbonyl (C=O) groups excluding carboxylic acids is 2. The van der Waals surface area contributed by atoms with Gasteiger partial charge in [-0.1, -0.05) is 6.92 Å². The number of ether oxygens (including phenoxy) is 1. The van der Waals surface area contributed by atoms with E-state index in [1.54, 1.807) is 27.9 Å². The van der Waals surface area contributed by atoms with E-state index in [9.17, 15) is 9.59 Å². The van der Waals surface area contributed by atoms with Gasteiger partial charge in [0.2, 0.25) is 5.91 Å². The lowest BCUT2D eigenvalue weighted by atomic mass is 10.1. The molecule has 0 aliphatic carbocycles. The van der Waals surface area contributed by atoms with Gasteiger partial charge in [-0.25, -0.2) is 0 Å². The largest absolute Gasteiger partial charge is 0.469 e. The van der Waals surface area contributed by atoms with E-state index in [-0.39, 0.29) is 23.8 Å². The Balaban J connectivity index is 4.18. The molecule has 1 N–H and O–H groups in total. The molecule has 5 nitrogen and oxygen atoms in total. The fourth-order valence-corrected chi connectivity index (χ4v) is 1.23. The van der Waals surface area contributed by atoms with Crippen molar-refractivity contribution in [3.8, 4) is 0 Å². The Morgan fingerprint density at radius 1 is 1.40 bits per heavy atom. The zero-order chi connectivity index (χ0) is 12.0. The predicted molar refractivity (Wildman–Crippen MR) is 57.3 cm³/mol. The summed E-state index contributed by atoms with van der Waals surface area (Å²) in [4.78, 5) is 24.3. The Labute approximate surface area is 90.8 Å². The Hall–Kier alpha value is -1.10. The van der Waals surface area contributed by atoms with E-state index in [1.807, 2.05) is 0 Å². The lowest BCUT2D eigenvalue weighted by molar-refractivity contribution is -0.146. The average Bonchev–Trinajstić information content (AvgIpc) is 2.25. The molecule has 0 aliphatic rings. The molecule has 0 aliphatic heterocycles. The van der Waals surface area contributed by atoms with Crippen molar-refractivity contribution in [2.24, 2.45) is 5.92 Å². The molecular formula is C10H20N2O3. The Kier molecular flexibility index (Phi) is 5.93. The molecule has 0 aromatic carbocycles. The van der Waals surface area contributed by atoms with Crippen LogP contribution >= 0.6 is 0 Å². The second-order valence-corrected chi connectivity index (χ2v) is 3.65. The Bertz CT molecular complexity index is 231. The first kappa shape index (κ1) is 13.9. The van der Waals surface area contributed by atoms with Crippen molar-refractivity contribution in [1.29, 1.82) is 0 Å². The second kappa shape index (κ2) is 6.40. The van der Waals surface area contributed by atoms with Crippen molar-refractivity contribution in [2.75, 3.05) is 27.7 Å². The van der Waals surface area contributed by atoms with Crippen molar-refractivity contribution >= 4 is 11.9 Å². The summed E-state index contributed by atoms with van der Waals surface area (Å²) in [5.41, 5.74) is 0. The maximum atomic E-state index is 11.6. The molecule has 2 atom stereocenters. The molecule has 0 bridgehead atoms. The first-order chi connectivity index (χ1) is 6.93. The van der Waals surface area contributed by atoms with Crippen molar-refractivity contribution < 1.29 is 14.3 Å². The van der Waals surface area contributed by atoms with E-state index in [0.717, 1.165) is 0 Å². The smallest absolute Gasteiger partial charge is 0.310 e. The molecule has 0 heterocycles. The van der Waals surface area contributed by atoms with Gasteiger partial charge in [0.05, 0.1) is 19.1 Å². The number of nitrogens with zero attached hydrogens (tertiary/aromatic N) is 1. The lowest BCUT2D eigenvalue weighted by Gasteiger charge is -2.23. The van der Waals surface area contributed by atoms with Gasteiger partial charge in [0.25, 0.3) is 0 Å². The van der Waals surface area contributed by atoms with Gasteiger partial charge in [-0.15, -0.1) is 0 Å². The van der Waals surface area contributed by atoms with Crippen molar-refractivity contribution in [2.45, 2.75) is 19.9 Å². The maximum Gasteiger partial charge on any atom is 0.310 e. The molecule has 0 radical (unpaired) electrons. The number of hydrogen-bond donors (Lipinski definition) is 1. The predicted octanol–water partition coefficient (Wildman–Crippen LogP) is -0.138. The van der Waals surface area contributed by atoms with E-state index in [2.05, 4.69) is 10.1 Å². The number of methoxy groups -OCH3 is 1. The summed E-state index contributed by atoms with van der Waals surface area (Å²) in [5.74, 6) is -0.631. The number of nitrogens with one attached hydrogen (secondary N) is 1. The normalized spacial score (nSPS) is 14.2. The van der Waals surface area contributed by atoms with Gasteiger partial charge in [0.15, 0.2) is 0 Å². The van der Waals surface area contributed by atoms with E-state index in [0.29, 0.717) is 6.54 Å². The minimum absolute atomic E-state index is 0.0340. The fraction of sp³-hybridized carbons (Fsp3) is 0.800. The molecule has 2 unspecified atom stereocenters. The monoisotopic (exact) mass is 216 g/mol. The number of carbonyl (C=O) groups is 2. The van der Waals surface area contributed by atoms with Crippen LogP contribution in [0.15, 0.2) is 0 Å². The van der Waals surface area contributed by atoms with Gasteiger partial charge in [0.1, 0.15) is 0 Å². The summed E-state index contributed by atoms with van der Waals surface area (Å²) in [5, 5.41) is 2.85. The van der Waals surface area contributed by atoms with Crippen LogP contribution in [0.2, 0.25) is 0 Å². The molecule has 0 aromatic rings. The summed E-state index contributed by atoms with van der Waals surface area (Å²) < 4.78 is 4.59. The van der Waals surface area contributed by atoms with Crippen LogP contribution in [0.3, 0.4) is 0 Å². The van der Waals surface area contributed by atoms with E-state index in [4.69, 9.17) is 0 Å². The molecule has 0 rings (SSSR count). The van der Waals surface area contributed by atoms with E-state index < -0.39 is 0 Å². The van der Waals surface area contributed by atoms with E-state index in [1.165, 1.54) is 12.0 Å². The summed E-state index contributed by atoms with van der Waals surface area (Å²) in [7, 11) is 4.74. The summed E-state index contributed by atoms with van der Waals surface area (Å²) in [6.07, 6.45) is 0. The second-order valence-electron chi connectivity index (χ2n) is 3.65. The summed E-state index contributed by atoms with van der Waals surface area (Å²) >= 11 is 0. The highest BCUT2D eigenvalue weighted by molar-refractivity contribution is 5.82. The van der Waals surface area contributed by atoms with E-state index >= 15 is 0 Å². The number of esters is 1. The standard InChI is InChI=1S/C10H20N2O3/c1-7(10(14)15-5)6-12(4)9(13)8(2)11-3/h7-8,11H,6H2,1-5H3. The van der Waals surface area contributed by atoms with Gasteiger partial charge in [0, 0.05) is 13.6 Å². The third-order valence-electron chi connectivity index (χ3n) is 2.33. The Morgan fingerprint density at radius 2 is 1.93 bits per heavy atom. The first-order valence-electron chi connectivity index (χ1n) is 4.94. The van der Waals surface area contributed by atoms with Crippen LogP contribution in [0.5, 0.6) is 0 Å². The molecule has 0 aromatic heterocycles. The van der Waals surface area contributed by atoms with Gasteiger partial charge < -0.3 is 15.0 Å². The number of likely N-dealkylation sites (N-methyl/N-ethyl adjacent to an activating group) is 2. The van der Waals surface area contributed by atoms with Crippen LogP contribution < -0.4 is 5.32 Å². The molecule has 15 heavy (non-hydrogen) atoms. The van der Waals surface area contributed by atoms with Crippen LogP contribution in [0.4, 0.5) is 0 Å². The number of hydrogen-bond acceptors (Lipinski definition) is 4. The zero-order valence-electron chi connectivity index (χ0n) is 10.0. The van der Waals surface area contributed by atoms with Crippen LogP contribution in [0.1, 0.15) is 13.8 Å². The minimum Gasteiger partial charge on any atom is -0.469 e. The minimum atomic E-state index is -0.299. The molecular weight excluding hydrogens is 196 g/mol. The van der Waals surface area contributed by atoms with Gasteiger partial charge >= 0.3 is 5.97 Å². The Morgan fingerprint density at radius 3 is 2.33 bits per heavy atom. The van der Waals surface area contributed by atoms with Gasteiger partial charge in [-0.05, 0) is 14.0 Å². The summed E-state index contributed by atoms with van der Waals surface area (Å²) in [6, 6.07) is -0.236. The maximum absolute atomic E-state index is 11.6. The van der Waals surface area contributed by atoms with Crippen LogP contribution in [0.25, 0.3) is 0 Å². The van der Waals surface area contributed by atoms with Crippen LogP contribution in [-0.4, -0.2) is 50.6 Å². The molecule has 0 spiro atoms.